The van der Waals surface area contributed by atoms with Crippen molar-refractivity contribution in [1.29, 1.82) is 0 Å². The van der Waals surface area contributed by atoms with Crippen LogP contribution in [0.2, 0.25) is 0 Å². The fraction of sp³-hybridized carbons (Fsp3) is 1.00. The Labute approximate surface area is 102 Å². The summed E-state index contributed by atoms with van der Waals surface area (Å²) in [6.45, 7) is 17.1. The maximum Gasteiger partial charge on any atom is 0.0593 e. The Morgan fingerprint density at radius 2 is 1.88 bits per heavy atom. The minimum atomic E-state index is 0.584. The molecule has 0 radical (unpaired) electrons. The molecule has 0 aliphatic rings. The van der Waals surface area contributed by atoms with Gasteiger partial charge in [0.1, 0.15) is 0 Å². The molecule has 0 saturated heterocycles. The Hall–Kier alpha value is -0.120. The molecule has 3 nitrogen and oxygen atoms in total. The second kappa shape index (κ2) is 10.1. The van der Waals surface area contributed by atoms with Crippen molar-refractivity contribution in [2.75, 3.05) is 39.4 Å². The first-order chi connectivity index (χ1) is 7.60. The standard InChI is InChI=1S/C13H30N2O/c1-6-15(8-9-16-7-2)11-13(5)10-14-12(3)4/h12-14H,6-11H2,1-5H3. The molecule has 98 valence electrons. The van der Waals surface area contributed by atoms with Gasteiger partial charge in [0.25, 0.3) is 0 Å². The third-order valence-electron chi connectivity index (χ3n) is 2.65. The smallest absolute Gasteiger partial charge is 0.0593 e. The summed E-state index contributed by atoms with van der Waals surface area (Å²) in [5.41, 5.74) is 0. The molecule has 1 N–H and O–H groups in total. The molecule has 0 aromatic rings. The van der Waals surface area contributed by atoms with Crippen LogP contribution in [0.25, 0.3) is 0 Å². The van der Waals surface area contributed by atoms with Crippen LogP contribution in [0.1, 0.15) is 34.6 Å². The Bertz CT molecular complexity index is 151. The molecule has 0 saturated carbocycles. The van der Waals surface area contributed by atoms with Crippen LogP contribution in [0.5, 0.6) is 0 Å². The first kappa shape index (κ1) is 15.9. The van der Waals surface area contributed by atoms with Gasteiger partial charge in [-0.25, -0.2) is 0 Å². The molecule has 0 fully saturated rings. The molecule has 0 heterocycles. The SMILES string of the molecule is CCOCCN(CC)CC(C)CNC(C)C. The lowest BCUT2D eigenvalue weighted by Crippen LogP contribution is -2.37. The van der Waals surface area contributed by atoms with Gasteiger partial charge in [-0.3, -0.25) is 0 Å². The lowest BCUT2D eigenvalue weighted by molar-refractivity contribution is 0.109. The Morgan fingerprint density at radius 1 is 1.19 bits per heavy atom. The average Bonchev–Trinajstić information content (AvgIpc) is 2.25. The molecule has 0 aliphatic heterocycles. The molecular weight excluding hydrogens is 200 g/mol. The molecule has 0 aliphatic carbocycles. The quantitative estimate of drug-likeness (QED) is 0.581. The van der Waals surface area contributed by atoms with Crippen molar-refractivity contribution in [2.45, 2.75) is 40.7 Å². The number of rotatable bonds is 10. The number of hydrogen-bond acceptors (Lipinski definition) is 3. The minimum absolute atomic E-state index is 0.584. The molecule has 0 amide bonds. The Morgan fingerprint density at radius 3 is 2.38 bits per heavy atom. The van der Waals surface area contributed by atoms with Crippen molar-refractivity contribution in [3.63, 3.8) is 0 Å². The second-order valence-corrected chi connectivity index (χ2v) is 4.76. The van der Waals surface area contributed by atoms with Gasteiger partial charge in [0.15, 0.2) is 0 Å². The topological polar surface area (TPSA) is 24.5 Å². The van der Waals surface area contributed by atoms with Crippen LogP contribution in [-0.4, -0.2) is 50.3 Å². The van der Waals surface area contributed by atoms with Gasteiger partial charge < -0.3 is 15.0 Å². The summed E-state index contributed by atoms with van der Waals surface area (Å²) in [7, 11) is 0. The van der Waals surface area contributed by atoms with Gasteiger partial charge in [0.2, 0.25) is 0 Å². The van der Waals surface area contributed by atoms with Gasteiger partial charge in [0.05, 0.1) is 6.61 Å². The second-order valence-electron chi connectivity index (χ2n) is 4.76. The van der Waals surface area contributed by atoms with Crippen LogP contribution < -0.4 is 5.32 Å². The molecule has 0 aromatic carbocycles. The highest BCUT2D eigenvalue weighted by molar-refractivity contribution is 4.65. The van der Waals surface area contributed by atoms with Gasteiger partial charge in [-0.15, -0.1) is 0 Å². The molecule has 1 atom stereocenters. The van der Waals surface area contributed by atoms with Gasteiger partial charge in [-0.2, -0.15) is 0 Å². The molecule has 0 aromatic heterocycles. The summed E-state index contributed by atoms with van der Waals surface area (Å²) < 4.78 is 5.39. The largest absolute Gasteiger partial charge is 0.380 e. The van der Waals surface area contributed by atoms with Crippen molar-refractivity contribution in [1.82, 2.24) is 10.2 Å². The Balaban J connectivity index is 3.65. The van der Waals surface area contributed by atoms with Crippen LogP contribution in [0.15, 0.2) is 0 Å². The van der Waals surface area contributed by atoms with Gasteiger partial charge >= 0.3 is 0 Å². The van der Waals surface area contributed by atoms with E-state index in [1.165, 1.54) is 0 Å². The summed E-state index contributed by atoms with van der Waals surface area (Å²) >= 11 is 0. The maximum atomic E-state index is 5.39. The lowest BCUT2D eigenvalue weighted by atomic mass is 10.1. The molecule has 0 bridgehead atoms. The first-order valence-electron chi connectivity index (χ1n) is 6.63. The van der Waals surface area contributed by atoms with E-state index in [1.54, 1.807) is 0 Å². The molecule has 3 heteroatoms. The Kier molecular flexibility index (Phi) is 9.99. The van der Waals surface area contributed by atoms with Gasteiger partial charge in [-0.1, -0.05) is 27.7 Å². The van der Waals surface area contributed by atoms with Crippen molar-refractivity contribution >= 4 is 0 Å². The number of hydrogen-bond donors (Lipinski definition) is 1. The van der Waals surface area contributed by atoms with Crippen molar-refractivity contribution in [2.24, 2.45) is 5.92 Å². The third kappa shape index (κ3) is 9.13. The van der Waals surface area contributed by atoms with E-state index >= 15 is 0 Å². The highest BCUT2D eigenvalue weighted by atomic mass is 16.5. The predicted octanol–water partition coefficient (Wildman–Crippen LogP) is 1.98. The van der Waals surface area contributed by atoms with Crippen LogP contribution in [0.3, 0.4) is 0 Å². The van der Waals surface area contributed by atoms with E-state index in [1.807, 2.05) is 6.92 Å². The van der Waals surface area contributed by atoms with E-state index < -0.39 is 0 Å². The summed E-state index contributed by atoms with van der Waals surface area (Å²) in [6, 6.07) is 0.584. The van der Waals surface area contributed by atoms with E-state index in [4.69, 9.17) is 4.74 Å². The molecule has 0 spiro atoms. The summed E-state index contributed by atoms with van der Waals surface area (Å²) in [6.07, 6.45) is 0. The predicted molar refractivity (Wildman–Crippen MR) is 70.9 cm³/mol. The van der Waals surface area contributed by atoms with E-state index in [0.717, 1.165) is 39.4 Å². The van der Waals surface area contributed by atoms with E-state index in [9.17, 15) is 0 Å². The minimum Gasteiger partial charge on any atom is -0.380 e. The average molecular weight is 230 g/mol. The number of nitrogens with zero attached hydrogens (tertiary/aromatic N) is 1. The molecule has 1 unspecified atom stereocenters. The maximum absolute atomic E-state index is 5.39. The number of likely N-dealkylation sites (N-methyl/N-ethyl adjacent to an activating group) is 1. The fourth-order valence-corrected chi connectivity index (χ4v) is 1.66. The van der Waals surface area contributed by atoms with Crippen LogP contribution >= 0.6 is 0 Å². The van der Waals surface area contributed by atoms with Crippen molar-refractivity contribution in [3.8, 4) is 0 Å². The molecule has 0 rings (SSSR count). The highest BCUT2D eigenvalue weighted by Crippen LogP contribution is 1.99. The third-order valence-corrected chi connectivity index (χ3v) is 2.65. The van der Waals surface area contributed by atoms with Crippen LogP contribution in [0, 0.1) is 5.92 Å². The van der Waals surface area contributed by atoms with Crippen molar-refractivity contribution in [3.05, 3.63) is 0 Å². The van der Waals surface area contributed by atoms with Crippen molar-refractivity contribution < 1.29 is 4.74 Å². The van der Waals surface area contributed by atoms with Crippen LogP contribution in [0.4, 0.5) is 0 Å². The molecular formula is C13H30N2O. The normalized spacial score (nSPS) is 13.7. The fourth-order valence-electron chi connectivity index (χ4n) is 1.66. The zero-order valence-corrected chi connectivity index (χ0v) is 11.8. The van der Waals surface area contributed by atoms with E-state index in [-0.39, 0.29) is 0 Å². The summed E-state index contributed by atoms with van der Waals surface area (Å²) in [5.74, 6) is 0.698. The zero-order valence-electron chi connectivity index (χ0n) is 11.8. The highest BCUT2D eigenvalue weighted by Gasteiger charge is 2.08. The van der Waals surface area contributed by atoms with Gasteiger partial charge in [0, 0.05) is 25.7 Å². The summed E-state index contributed by atoms with van der Waals surface area (Å²) in [4.78, 5) is 2.46. The monoisotopic (exact) mass is 230 g/mol. The summed E-state index contributed by atoms with van der Waals surface area (Å²) in [5, 5.41) is 3.48. The lowest BCUT2D eigenvalue weighted by Gasteiger charge is -2.24. The van der Waals surface area contributed by atoms with E-state index in [0.29, 0.717) is 12.0 Å². The van der Waals surface area contributed by atoms with Gasteiger partial charge in [-0.05, 0) is 25.9 Å². The first-order valence-corrected chi connectivity index (χ1v) is 6.63. The van der Waals surface area contributed by atoms with Crippen LogP contribution in [-0.2, 0) is 4.74 Å². The van der Waals surface area contributed by atoms with E-state index in [2.05, 4.69) is 37.9 Å². The zero-order chi connectivity index (χ0) is 12.4. The molecule has 16 heavy (non-hydrogen) atoms. The number of nitrogens with one attached hydrogen (secondary N) is 1. The number of ether oxygens (including phenoxy) is 1.